The molecule has 0 radical (unpaired) electrons. The van der Waals surface area contributed by atoms with Crippen LogP contribution in [0.5, 0.6) is 0 Å². The predicted octanol–water partition coefficient (Wildman–Crippen LogP) is 6.61. The smallest absolute Gasteiger partial charge is 0.338 e. The van der Waals surface area contributed by atoms with E-state index in [0.29, 0.717) is 17.0 Å². The number of rotatable bonds is 7. The van der Waals surface area contributed by atoms with Gasteiger partial charge in [-0.05, 0) is 55.4 Å². The van der Waals surface area contributed by atoms with Gasteiger partial charge in [-0.2, -0.15) is 0 Å². The molecule has 3 aromatic carbocycles. The number of hydrazine groups is 1. The van der Waals surface area contributed by atoms with E-state index in [1.807, 2.05) is 42.5 Å². The molecule has 2 fully saturated rings. The van der Waals surface area contributed by atoms with Gasteiger partial charge in [0, 0.05) is 30.3 Å². The van der Waals surface area contributed by atoms with Gasteiger partial charge in [0.25, 0.3) is 5.91 Å². The van der Waals surface area contributed by atoms with E-state index in [1.54, 1.807) is 12.1 Å². The highest BCUT2D eigenvalue weighted by Crippen LogP contribution is 2.32. The summed E-state index contributed by atoms with van der Waals surface area (Å²) in [6.07, 6.45) is 7.70. The van der Waals surface area contributed by atoms with Crippen molar-refractivity contribution in [3.63, 3.8) is 0 Å². The van der Waals surface area contributed by atoms with Crippen LogP contribution in [0.15, 0.2) is 84.9 Å². The average Bonchev–Trinajstić information content (AvgIpc) is 2.98. The third-order valence-electron chi connectivity index (χ3n) is 7.79. The highest BCUT2D eigenvalue weighted by Gasteiger charge is 2.34. The van der Waals surface area contributed by atoms with Crippen molar-refractivity contribution >= 4 is 11.9 Å². The van der Waals surface area contributed by atoms with Gasteiger partial charge in [0.15, 0.2) is 0 Å². The molecule has 1 aliphatic carbocycles. The summed E-state index contributed by atoms with van der Waals surface area (Å²) in [5.41, 5.74) is 3.27. The Morgan fingerprint density at radius 3 is 2.08 bits per heavy atom. The van der Waals surface area contributed by atoms with Gasteiger partial charge in [-0.15, -0.1) is 0 Å². The zero-order chi connectivity index (χ0) is 25.5. The lowest BCUT2D eigenvalue weighted by atomic mass is 9.89. The predicted molar refractivity (Wildman–Crippen MR) is 145 cm³/mol. The molecule has 5 heteroatoms. The van der Waals surface area contributed by atoms with Crippen molar-refractivity contribution in [3.05, 3.63) is 107 Å². The summed E-state index contributed by atoms with van der Waals surface area (Å²) in [4.78, 5) is 26.7. The first-order chi connectivity index (χ1) is 18.2. The second kappa shape index (κ2) is 12.2. The number of benzene rings is 3. The first-order valence-electron chi connectivity index (χ1n) is 13.6. The van der Waals surface area contributed by atoms with Gasteiger partial charge in [0.1, 0.15) is 6.61 Å². The summed E-state index contributed by atoms with van der Waals surface area (Å²) in [7, 11) is 0. The topological polar surface area (TPSA) is 49.9 Å². The Hall–Kier alpha value is -3.44. The molecule has 1 saturated heterocycles. The van der Waals surface area contributed by atoms with Crippen LogP contribution in [0.2, 0.25) is 0 Å². The van der Waals surface area contributed by atoms with Crippen LogP contribution < -0.4 is 0 Å². The van der Waals surface area contributed by atoms with Crippen molar-refractivity contribution in [2.24, 2.45) is 0 Å². The molecular formula is C32H36N2O3. The minimum atomic E-state index is -0.380. The van der Waals surface area contributed by atoms with E-state index in [2.05, 4.69) is 40.3 Å². The van der Waals surface area contributed by atoms with Crippen LogP contribution in [0.25, 0.3) is 0 Å². The van der Waals surface area contributed by atoms with Crippen LogP contribution in [0.4, 0.5) is 0 Å². The SMILES string of the molecule is O=C(OCc1ccccc1C(=O)N(C1CCCCC1)N1CCC(c2ccccc2)CC1)c1ccccc1. The molecule has 0 spiro atoms. The van der Waals surface area contributed by atoms with E-state index in [-0.39, 0.29) is 24.5 Å². The van der Waals surface area contributed by atoms with E-state index in [1.165, 1.54) is 12.0 Å². The number of hydrogen-bond acceptors (Lipinski definition) is 4. The van der Waals surface area contributed by atoms with Gasteiger partial charge in [-0.3, -0.25) is 9.80 Å². The second-order valence-corrected chi connectivity index (χ2v) is 10.2. The van der Waals surface area contributed by atoms with Gasteiger partial charge >= 0.3 is 5.97 Å². The maximum atomic E-state index is 14.2. The lowest BCUT2D eigenvalue weighted by Crippen LogP contribution is -2.55. The summed E-state index contributed by atoms with van der Waals surface area (Å²) < 4.78 is 5.62. The second-order valence-electron chi connectivity index (χ2n) is 10.2. The molecule has 1 saturated carbocycles. The molecule has 192 valence electrons. The number of carbonyl (C=O) groups is 2. The summed E-state index contributed by atoms with van der Waals surface area (Å²) >= 11 is 0. The first kappa shape index (κ1) is 25.2. The number of hydrogen-bond donors (Lipinski definition) is 0. The maximum absolute atomic E-state index is 14.2. The largest absolute Gasteiger partial charge is 0.457 e. The summed E-state index contributed by atoms with van der Waals surface area (Å²) in [5, 5.41) is 4.36. The van der Waals surface area contributed by atoms with Gasteiger partial charge in [-0.25, -0.2) is 9.80 Å². The molecule has 37 heavy (non-hydrogen) atoms. The maximum Gasteiger partial charge on any atom is 0.338 e. The Kier molecular flexibility index (Phi) is 8.32. The number of ether oxygens (including phenoxy) is 1. The molecule has 3 aromatic rings. The summed E-state index contributed by atoms with van der Waals surface area (Å²) in [6.45, 7) is 1.81. The van der Waals surface area contributed by atoms with Gasteiger partial charge < -0.3 is 4.74 Å². The fourth-order valence-electron chi connectivity index (χ4n) is 5.77. The Morgan fingerprint density at radius 1 is 0.757 bits per heavy atom. The fourth-order valence-corrected chi connectivity index (χ4v) is 5.77. The zero-order valence-electron chi connectivity index (χ0n) is 21.4. The first-order valence-corrected chi connectivity index (χ1v) is 13.6. The van der Waals surface area contributed by atoms with Crippen molar-refractivity contribution in [3.8, 4) is 0 Å². The van der Waals surface area contributed by atoms with Crippen molar-refractivity contribution in [1.29, 1.82) is 0 Å². The Balaban J connectivity index is 1.33. The third-order valence-corrected chi connectivity index (χ3v) is 7.79. The molecule has 1 amide bonds. The van der Waals surface area contributed by atoms with Crippen LogP contribution in [0.3, 0.4) is 0 Å². The minimum absolute atomic E-state index is 0.0245. The molecule has 0 N–H and O–H groups in total. The van der Waals surface area contributed by atoms with E-state index in [0.717, 1.165) is 57.2 Å². The van der Waals surface area contributed by atoms with Crippen molar-refractivity contribution in [2.45, 2.75) is 63.5 Å². The van der Waals surface area contributed by atoms with Crippen LogP contribution in [-0.2, 0) is 11.3 Å². The summed E-state index contributed by atoms with van der Waals surface area (Å²) in [5.74, 6) is 0.178. The average molecular weight is 497 g/mol. The van der Waals surface area contributed by atoms with Gasteiger partial charge in [-0.1, -0.05) is 86.0 Å². The molecule has 2 aliphatic rings. The highest BCUT2D eigenvalue weighted by atomic mass is 16.5. The molecule has 1 heterocycles. The Bertz CT molecular complexity index is 1170. The molecule has 0 bridgehead atoms. The fraction of sp³-hybridized carbons (Fsp3) is 0.375. The third kappa shape index (κ3) is 6.11. The number of nitrogens with zero attached hydrogens (tertiary/aromatic N) is 2. The minimum Gasteiger partial charge on any atom is -0.457 e. The molecule has 0 atom stereocenters. The summed E-state index contributed by atoms with van der Waals surface area (Å²) in [6, 6.07) is 27.5. The van der Waals surface area contributed by atoms with Crippen LogP contribution in [0, 0.1) is 0 Å². The molecule has 5 rings (SSSR count). The standard InChI is InChI=1S/C32H36N2O3/c35-31(30-19-11-10-16-28(30)24-37-32(36)27-14-6-2-7-15-27)34(29-17-8-3-9-18-29)33-22-20-26(21-23-33)25-12-4-1-5-13-25/h1-2,4-7,10-16,19,26,29H,3,8-9,17-18,20-24H2. The number of carbonyl (C=O) groups excluding carboxylic acids is 2. The van der Waals surface area contributed by atoms with Gasteiger partial charge in [0.2, 0.25) is 0 Å². The molecule has 1 aliphatic heterocycles. The van der Waals surface area contributed by atoms with Crippen LogP contribution >= 0.6 is 0 Å². The van der Waals surface area contributed by atoms with E-state index >= 15 is 0 Å². The van der Waals surface area contributed by atoms with Gasteiger partial charge in [0.05, 0.1) is 5.56 Å². The molecular weight excluding hydrogens is 460 g/mol. The van der Waals surface area contributed by atoms with Crippen LogP contribution in [0.1, 0.15) is 82.7 Å². The normalized spacial score (nSPS) is 17.3. The van der Waals surface area contributed by atoms with E-state index in [4.69, 9.17) is 4.74 Å². The van der Waals surface area contributed by atoms with Crippen LogP contribution in [-0.4, -0.2) is 41.0 Å². The monoisotopic (exact) mass is 496 g/mol. The highest BCUT2D eigenvalue weighted by molar-refractivity contribution is 5.96. The van der Waals surface area contributed by atoms with E-state index in [9.17, 15) is 9.59 Å². The lowest BCUT2D eigenvalue weighted by molar-refractivity contribution is -0.0577. The number of piperidine rings is 1. The molecule has 5 nitrogen and oxygen atoms in total. The Labute approximate surface area is 220 Å². The lowest BCUT2D eigenvalue weighted by Gasteiger charge is -2.45. The van der Waals surface area contributed by atoms with Crippen molar-refractivity contribution in [1.82, 2.24) is 10.0 Å². The number of amides is 1. The zero-order valence-corrected chi connectivity index (χ0v) is 21.4. The molecule has 0 unspecified atom stereocenters. The van der Waals surface area contributed by atoms with Crippen molar-refractivity contribution < 1.29 is 14.3 Å². The molecule has 0 aromatic heterocycles. The van der Waals surface area contributed by atoms with Crippen molar-refractivity contribution in [2.75, 3.05) is 13.1 Å². The Morgan fingerprint density at radius 2 is 1.38 bits per heavy atom. The quantitative estimate of drug-likeness (QED) is 0.345. The van der Waals surface area contributed by atoms with E-state index < -0.39 is 0 Å². The number of esters is 1.